The van der Waals surface area contributed by atoms with Gasteiger partial charge < -0.3 is 10.1 Å². The Morgan fingerprint density at radius 1 is 1.48 bits per heavy atom. The number of hydrogen-bond acceptors (Lipinski definition) is 5. The topological polar surface area (TPSA) is 78.5 Å². The van der Waals surface area contributed by atoms with Crippen molar-refractivity contribution in [3.8, 4) is 0 Å². The van der Waals surface area contributed by atoms with Gasteiger partial charge in [0.25, 0.3) is 5.91 Å². The van der Waals surface area contributed by atoms with E-state index in [9.17, 15) is 23.2 Å². The molecular weight excluding hydrogens is 352 g/mol. The summed E-state index contributed by atoms with van der Waals surface area (Å²) in [5.41, 5.74) is 1.59. The lowest BCUT2D eigenvalue weighted by atomic mass is 10.0. The van der Waals surface area contributed by atoms with Crippen LogP contribution in [0, 0.1) is 6.92 Å². The second kappa shape index (κ2) is 10.2. The van der Waals surface area contributed by atoms with Crippen LogP contribution in [0.1, 0.15) is 36.2 Å². The number of nitrogens with one attached hydrogen (secondary N) is 2. The summed E-state index contributed by atoms with van der Waals surface area (Å²) in [6.45, 7) is 1.49. The highest BCUT2D eigenvalue weighted by molar-refractivity contribution is 7.10. The first-order valence-corrected chi connectivity index (χ1v) is 8.70. The number of hydrazine groups is 1. The number of amides is 2. The number of alkyl halides is 2. The van der Waals surface area contributed by atoms with Gasteiger partial charge in [0, 0.05) is 11.3 Å². The van der Waals surface area contributed by atoms with Crippen molar-refractivity contribution in [2.45, 2.75) is 38.4 Å². The second-order valence-corrected chi connectivity index (χ2v) is 6.79. The Hall–Kier alpha value is -1.87. The molecule has 0 bridgehead atoms. The molecule has 0 spiro atoms. The number of halogens is 2. The van der Waals surface area contributed by atoms with Crippen molar-refractivity contribution in [2.24, 2.45) is 0 Å². The average Bonchev–Trinajstić information content (AvgIpc) is 3.03. The summed E-state index contributed by atoms with van der Waals surface area (Å²) < 4.78 is 27.8. The molecule has 0 radical (unpaired) electrons. The van der Waals surface area contributed by atoms with Crippen LogP contribution < -0.4 is 10.7 Å². The van der Waals surface area contributed by atoms with E-state index in [4.69, 9.17) is 0 Å². The van der Waals surface area contributed by atoms with Gasteiger partial charge in [0.05, 0.1) is 19.1 Å². The molecule has 6 nitrogen and oxygen atoms in total. The highest BCUT2D eigenvalue weighted by Crippen LogP contribution is 2.24. The highest BCUT2D eigenvalue weighted by atomic mass is 32.1. The molecule has 0 unspecified atom stereocenters. The van der Waals surface area contributed by atoms with Crippen LogP contribution in [0.3, 0.4) is 0 Å². The van der Waals surface area contributed by atoms with Crippen LogP contribution in [-0.2, 0) is 14.4 Å². The van der Waals surface area contributed by atoms with Crippen molar-refractivity contribution >= 4 is 29.9 Å². The number of aryl methyl sites for hydroxylation is 1. The van der Waals surface area contributed by atoms with Gasteiger partial charge in [0.15, 0.2) is 5.67 Å². The third-order valence-electron chi connectivity index (χ3n) is 3.56. The lowest BCUT2D eigenvalue weighted by Gasteiger charge is -2.32. The smallest absolute Gasteiger partial charge is 0.256 e. The summed E-state index contributed by atoms with van der Waals surface area (Å²) in [6, 6.07) is 1.62. The SMILES string of the molecule is Cc1csc([C@@H](C)NN(C[C@@](F)(CF)CCC=O)C(=O)CNC=O)c1. The Balaban J connectivity index is 2.88. The van der Waals surface area contributed by atoms with Crippen LogP contribution in [0.15, 0.2) is 11.4 Å². The summed E-state index contributed by atoms with van der Waals surface area (Å²) in [6.07, 6.45) is 0.391. The lowest BCUT2D eigenvalue weighted by molar-refractivity contribution is -0.138. The van der Waals surface area contributed by atoms with Crippen molar-refractivity contribution in [3.63, 3.8) is 0 Å². The molecule has 2 amide bonds. The fourth-order valence-corrected chi connectivity index (χ4v) is 3.10. The number of carbonyl (C=O) groups excluding carboxylic acids is 3. The first kappa shape index (κ1) is 21.2. The molecule has 0 aliphatic rings. The van der Waals surface area contributed by atoms with E-state index in [-0.39, 0.29) is 25.4 Å². The minimum absolute atomic E-state index is 0.144. The Bertz CT molecular complexity index is 585. The second-order valence-electron chi connectivity index (χ2n) is 5.85. The standard InChI is InChI=1S/C16H23F2N3O3S/c1-12-6-14(25-8-12)13(2)20-21(15(24)7-19-11-23)10-16(18,9-17)4-3-5-22/h5-6,8,11,13,20H,3-4,7,9-10H2,1-2H3,(H,19,23)/t13-,16+/m1/s1. The van der Waals surface area contributed by atoms with E-state index in [1.807, 2.05) is 18.4 Å². The molecular formula is C16H23F2N3O3S. The molecule has 1 aromatic rings. The van der Waals surface area contributed by atoms with Gasteiger partial charge >= 0.3 is 0 Å². The summed E-state index contributed by atoms with van der Waals surface area (Å²) in [7, 11) is 0. The zero-order valence-electron chi connectivity index (χ0n) is 14.3. The molecule has 1 aromatic heterocycles. The maximum Gasteiger partial charge on any atom is 0.256 e. The molecule has 0 aromatic carbocycles. The Morgan fingerprint density at radius 3 is 2.72 bits per heavy atom. The van der Waals surface area contributed by atoms with Crippen molar-refractivity contribution in [1.82, 2.24) is 15.8 Å². The van der Waals surface area contributed by atoms with Crippen LogP contribution in [-0.4, -0.2) is 49.0 Å². The van der Waals surface area contributed by atoms with Crippen molar-refractivity contribution in [3.05, 3.63) is 21.9 Å². The maximum atomic E-state index is 14.6. The van der Waals surface area contributed by atoms with E-state index in [1.165, 1.54) is 11.3 Å². The highest BCUT2D eigenvalue weighted by Gasteiger charge is 2.34. The average molecular weight is 375 g/mol. The molecule has 2 atom stereocenters. The number of carbonyl (C=O) groups is 3. The van der Waals surface area contributed by atoms with Crippen LogP contribution in [0.2, 0.25) is 0 Å². The molecule has 0 aliphatic heterocycles. The number of hydrogen-bond donors (Lipinski definition) is 2. The molecule has 0 fully saturated rings. The van der Waals surface area contributed by atoms with E-state index in [0.29, 0.717) is 12.7 Å². The third kappa shape index (κ3) is 6.87. The summed E-state index contributed by atoms with van der Waals surface area (Å²) in [5, 5.41) is 5.13. The van der Waals surface area contributed by atoms with Crippen LogP contribution >= 0.6 is 11.3 Å². The predicted molar refractivity (Wildman–Crippen MR) is 91.5 cm³/mol. The molecule has 140 valence electrons. The van der Waals surface area contributed by atoms with Gasteiger partial charge in [-0.3, -0.25) is 14.6 Å². The van der Waals surface area contributed by atoms with Crippen LogP contribution in [0.5, 0.6) is 0 Å². The zero-order chi connectivity index (χ0) is 18.9. The Kier molecular flexibility index (Phi) is 8.64. The number of nitrogens with zero attached hydrogens (tertiary/aromatic N) is 1. The fourth-order valence-electron chi connectivity index (χ4n) is 2.20. The van der Waals surface area contributed by atoms with E-state index in [0.717, 1.165) is 15.4 Å². The van der Waals surface area contributed by atoms with Gasteiger partial charge in [0.1, 0.15) is 13.0 Å². The van der Waals surface area contributed by atoms with Crippen molar-refractivity contribution in [2.75, 3.05) is 19.8 Å². The fraction of sp³-hybridized carbons (Fsp3) is 0.562. The summed E-state index contributed by atoms with van der Waals surface area (Å²) in [4.78, 5) is 34.0. The Morgan fingerprint density at radius 2 is 2.20 bits per heavy atom. The number of rotatable bonds is 12. The van der Waals surface area contributed by atoms with Gasteiger partial charge in [-0.05, 0) is 37.3 Å². The van der Waals surface area contributed by atoms with E-state index >= 15 is 0 Å². The minimum Gasteiger partial charge on any atom is -0.350 e. The minimum atomic E-state index is -2.34. The molecule has 1 heterocycles. The van der Waals surface area contributed by atoms with E-state index < -0.39 is 24.8 Å². The largest absolute Gasteiger partial charge is 0.350 e. The Labute approximate surface area is 149 Å². The first-order chi connectivity index (χ1) is 11.8. The molecule has 0 aliphatic carbocycles. The predicted octanol–water partition coefficient (Wildman–Crippen LogP) is 1.85. The molecule has 25 heavy (non-hydrogen) atoms. The maximum absolute atomic E-state index is 14.6. The number of thiophene rings is 1. The molecule has 1 rings (SSSR count). The molecule has 0 saturated carbocycles. The molecule has 2 N–H and O–H groups in total. The summed E-state index contributed by atoms with van der Waals surface area (Å²) in [5.74, 6) is -0.603. The third-order valence-corrected chi connectivity index (χ3v) is 4.79. The quantitative estimate of drug-likeness (QED) is 0.432. The van der Waals surface area contributed by atoms with Crippen LogP contribution in [0.4, 0.5) is 8.78 Å². The van der Waals surface area contributed by atoms with E-state index in [1.54, 1.807) is 6.92 Å². The van der Waals surface area contributed by atoms with Crippen molar-refractivity contribution in [1.29, 1.82) is 0 Å². The van der Waals surface area contributed by atoms with Gasteiger partial charge in [-0.2, -0.15) is 0 Å². The van der Waals surface area contributed by atoms with Crippen LogP contribution in [0.25, 0.3) is 0 Å². The van der Waals surface area contributed by atoms with Gasteiger partial charge in [-0.1, -0.05) is 0 Å². The normalized spacial score (nSPS) is 14.4. The van der Waals surface area contributed by atoms with Crippen molar-refractivity contribution < 1.29 is 23.2 Å². The number of aldehydes is 1. The van der Waals surface area contributed by atoms with Gasteiger partial charge in [-0.25, -0.2) is 14.2 Å². The lowest BCUT2D eigenvalue weighted by Crippen LogP contribution is -2.53. The molecule has 0 saturated heterocycles. The first-order valence-electron chi connectivity index (χ1n) is 7.82. The monoisotopic (exact) mass is 375 g/mol. The van der Waals surface area contributed by atoms with E-state index in [2.05, 4.69) is 10.7 Å². The van der Waals surface area contributed by atoms with Gasteiger partial charge in [-0.15, -0.1) is 11.3 Å². The zero-order valence-corrected chi connectivity index (χ0v) is 15.1. The molecule has 9 heteroatoms. The summed E-state index contributed by atoms with van der Waals surface area (Å²) >= 11 is 1.48. The van der Waals surface area contributed by atoms with Gasteiger partial charge in [0.2, 0.25) is 6.41 Å².